The zero-order valence-electron chi connectivity index (χ0n) is 14.2. The maximum Gasteiger partial charge on any atom is 0.416 e. The lowest BCUT2D eigenvalue weighted by atomic mass is 9.85. The molecule has 0 spiro atoms. The van der Waals surface area contributed by atoms with Gasteiger partial charge in [0.1, 0.15) is 0 Å². The first kappa shape index (κ1) is 17.8. The number of rotatable bonds is 4. The van der Waals surface area contributed by atoms with E-state index in [4.69, 9.17) is 0 Å². The van der Waals surface area contributed by atoms with Crippen molar-refractivity contribution in [1.82, 2.24) is 4.90 Å². The van der Waals surface area contributed by atoms with Crippen LogP contribution in [0.5, 0.6) is 0 Å². The molecule has 3 aliphatic rings. The normalized spacial score (nSPS) is 28.8. The topological polar surface area (TPSA) is 66.5 Å². The fraction of sp³-hybridized carbons (Fsp3) is 0.421. The third-order valence-corrected chi connectivity index (χ3v) is 5.62. The first-order valence-corrected chi connectivity index (χ1v) is 8.76. The Morgan fingerprint density at radius 2 is 1.59 bits per heavy atom. The highest BCUT2D eigenvalue weighted by Crippen LogP contribution is 2.52. The standard InChI is InChI=1S/C19H17F3N2O3/c20-19(21,22)12-3-5-13(6-4-12)23-14(25)7-8-24-17(26)15-10-1-2-11(9-10)16(15)18(24)27/h1-6,10-11,15-16H,7-9H2,(H,23,25)/t10-,11-,15-,16+/m0/s1. The number of benzene rings is 1. The Morgan fingerprint density at radius 1 is 1.04 bits per heavy atom. The molecule has 0 radical (unpaired) electrons. The molecule has 4 rings (SSSR count). The maximum absolute atomic E-state index is 12.5. The van der Waals surface area contributed by atoms with Crippen LogP contribution in [0.4, 0.5) is 18.9 Å². The molecule has 1 aromatic rings. The van der Waals surface area contributed by atoms with Gasteiger partial charge in [0.05, 0.1) is 17.4 Å². The molecule has 5 nitrogen and oxygen atoms in total. The molecule has 1 saturated heterocycles. The van der Waals surface area contributed by atoms with E-state index in [1.54, 1.807) is 0 Å². The Balaban J connectivity index is 1.34. The van der Waals surface area contributed by atoms with Gasteiger partial charge in [0.25, 0.3) is 0 Å². The summed E-state index contributed by atoms with van der Waals surface area (Å²) in [5.74, 6) is -1.28. The number of imide groups is 1. The first-order chi connectivity index (χ1) is 12.8. The second-order valence-electron chi connectivity index (χ2n) is 7.20. The predicted octanol–water partition coefficient (Wildman–Crippen LogP) is 2.84. The Hall–Kier alpha value is -2.64. The second-order valence-corrected chi connectivity index (χ2v) is 7.20. The van der Waals surface area contributed by atoms with E-state index in [0.717, 1.165) is 23.5 Å². The van der Waals surface area contributed by atoms with Crippen LogP contribution in [0, 0.1) is 23.7 Å². The van der Waals surface area contributed by atoms with E-state index in [-0.39, 0.29) is 54.1 Å². The molecule has 0 unspecified atom stereocenters. The average Bonchev–Trinajstić information content (AvgIpc) is 3.28. The maximum atomic E-state index is 12.5. The van der Waals surface area contributed by atoms with Crippen molar-refractivity contribution in [3.8, 4) is 0 Å². The first-order valence-electron chi connectivity index (χ1n) is 8.76. The lowest BCUT2D eigenvalue weighted by molar-refractivity contribution is -0.141. The van der Waals surface area contributed by atoms with Crippen LogP contribution in [-0.2, 0) is 20.6 Å². The van der Waals surface area contributed by atoms with Gasteiger partial charge in [-0.2, -0.15) is 13.2 Å². The molecule has 8 heteroatoms. The minimum absolute atomic E-state index is 0.0173. The summed E-state index contributed by atoms with van der Waals surface area (Å²) >= 11 is 0. The van der Waals surface area contributed by atoms with Crippen LogP contribution in [-0.4, -0.2) is 29.2 Å². The van der Waals surface area contributed by atoms with Crippen molar-refractivity contribution in [2.45, 2.75) is 19.0 Å². The van der Waals surface area contributed by atoms with Gasteiger partial charge in [-0.05, 0) is 42.5 Å². The number of alkyl halides is 3. The van der Waals surface area contributed by atoms with Crippen LogP contribution in [0.25, 0.3) is 0 Å². The summed E-state index contributed by atoms with van der Waals surface area (Å²) in [6, 6.07) is 4.10. The van der Waals surface area contributed by atoms with Crippen LogP contribution < -0.4 is 5.32 Å². The lowest BCUT2D eigenvalue weighted by Gasteiger charge is -2.17. The number of allylic oxidation sites excluding steroid dienone is 2. The van der Waals surface area contributed by atoms with Crippen LogP contribution in [0.15, 0.2) is 36.4 Å². The van der Waals surface area contributed by atoms with Crippen molar-refractivity contribution in [2.24, 2.45) is 23.7 Å². The molecule has 1 saturated carbocycles. The van der Waals surface area contributed by atoms with Gasteiger partial charge in [-0.25, -0.2) is 0 Å². The average molecular weight is 378 g/mol. The summed E-state index contributed by atoms with van der Waals surface area (Å²) < 4.78 is 37.6. The molecule has 1 heterocycles. The van der Waals surface area contributed by atoms with Gasteiger partial charge >= 0.3 is 6.18 Å². The summed E-state index contributed by atoms with van der Waals surface area (Å²) in [6.45, 7) is -0.0173. The van der Waals surface area contributed by atoms with Gasteiger partial charge in [-0.1, -0.05) is 12.2 Å². The quantitative estimate of drug-likeness (QED) is 0.647. The highest BCUT2D eigenvalue weighted by Gasteiger charge is 2.59. The highest BCUT2D eigenvalue weighted by atomic mass is 19.4. The van der Waals surface area contributed by atoms with E-state index in [2.05, 4.69) is 5.32 Å². The molecule has 27 heavy (non-hydrogen) atoms. The van der Waals surface area contributed by atoms with Crippen LogP contribution >= 0.6 is 0 Å². The number of nitrogens with zero attached hydrogens (tertiary/aromatic N) is 1. The van der Waals surface area contributed by atoms with Crippen LogP contribution in [0.2, 0.25) is 0 Å². The number of hydrogen-bond donors (Lipinski definition) is 1. The summed E-state index contributed by atoms with van der Waals surface area (Å²) in [7, 11) is 0. The number of likely N-dealkylation sites (tertiary alicyclic amines) is 1. The molecular weight excluding hydrogens is 361 g/mol. The zero-order chi connectivity index (χ0) is 19.3. The molecule has 2 fully saturated rings. The van der Waals surface area contributed by atoms with E-state index >= 15 is 0 Å². The van der Waals surface area contributed by atoms with Crippen LogP contribution in [0.3, 0.4) is 0 Å². The highest BCUT2D eigenvalue weighted by molar-refractivity contribution is 6.06. The van der Waals surface area contributed by atoms with Crippen molar-refractivity contribution < 1.29 is 27.6 Å². The minimum Gasteiger partial charge on any atom is -0.326 e. The summed E-state index contributed by atoms with van der Waals surface area (Å²) in [6.07, 6.45) is 0.302. The molecular formula is C19H17F3N2O3. The number of anilines is 1. The Bertz CT molecular complexity index is 802. The zero-order valence-corrected chi connectivity index (χ0v) is 14.2. The molecule has 1 aliphatic heterocycles. The van der Waals surface area contributed by atoms with Gasteiger partial charge < -0.3 is 5.32 Å². The fourth-order valence-corrected chi connectivity index (χ4v) is 4.36. The SMILES string of the molecule is O=C(CCN1C(=O)[C@@H]2[C@H](C1=O)[C@H]1C=C[C@H]2C1)Nc1ccc(C(F)(F)F)cc1. The number of carbonyl (C=O) groups is 3. The molecule has 0 aromatic heterocycles. The Morgan fingerprint density at radius 3 is 2.11 bits per heavy atom. The monoisotopic (exact) mass is 378 g/mol. The lowest BCUT2D eigenvalue weighted by Crippen LogP contribution is -2.35. The molecule has 1 aromatic carbocycles. The molecule has 4 atom stereocenters. The van der Waals surface area contributed by atoms with Crippen LogP contribution in [0.1, 0.15) is 18.4 Å². The number of nitrogens with one attached hydrogen (secondary N) is 1. The molecule has 2 aliphatic carbocycles. The van der Waals surface area contributed by atoms with E-state index in [1.807, 2.05) is 12.2 Å². The van der Waals surface area contributed by atoms with Gasteiger partial charge in [-0.15, -0.1) is 0 Å². The van der Waals surface area contributed by atoms with Gasteiger partial charge in [-0.3, -0.25) is 19.3 Å². The smallest absolute Gasteiger partial charge is 0.326 e. The minimum atomic E-state index is -4.44. The van der Waals surface area contributed by atoms with E-state index < -0.39 is 17.6 Å². The van der Waals surface area contributed by atoms with E-state index in [1.165, 1.54) is 12.1 Å². The Kier molecular flexibility index (Phi) is 4.09. The third-order valence-electron chi connectivity index (χ3n) is 5.62. The van der Waals surface area contributed by atoms with Crippen molar-refractivity contribution >= 4 is 23.4 Å². The largest absolute Gasteiger partial charge is 0.416 e. The molecule has 142 valence electrons. The number of halogens is 3. The van der Waals surface area contributed by atoms with Gasteiger partial charge in [0, 0.05) is 18.7 Å². The fourth-order valence-electron chi connectivity index (χ4n) is 4.36. The summed E-state index contributed by atoms with van der Waals surface area (Å²) in [5.41, 5.74) is -0.574. The number of carbonyl (C=O) groups excluding carboxylic acids is 3. The van der Waals surface area contributed by atoms with Crippen molar-refractivity contribution in [3.05, 3.63) is 42.0 Å². The predicted molar refractivity (Wildman–Crippen MR) is 89.1 cm³/mol. The molecule has 3 amide bonds. The molecule has 2 bridgehead atoms. The van der Waals surface area contributed by atoms with Crippen molar-refractivity contribution in [2.75, 3.05) is 11.9 Å². The summed E-state index contributed by atoms with van der Waals surface area (Å²) in [5, 5.41) is 2.49. The van der Waals surface area contributed by atoms with E-state index in [9.17, 15) is 27.6 Å². The number of amides is 3. The number of hydrogen-bond acceptors (Lipinski definition) is 3. The van der Waals surface area contributed by atoms with Gasteiger partial charge in [0.15, 0.2) is 0 Å². The Labute approximate surface area is 153 Å². The third kappa shape index (κ3) is 3.02. The van der Waals surface area contributed by atoms with Crippen molar-refractivity contribution in [1.29, 1.82) is 0 Å². The van der Waals surface area contributed by atoms with E-state index in [0.29, 0.717) is 0 Å². The second kappa shape index (κ2) is 6.21. The van der Waals surface area contributed by atoms with Gasteiger partial charge in [0.2, 0.25) is 17.7 Å². The van der Waals surface area contributed by atoms with Crippen molar-refractivity contribution in [3.63, 3.8) is 0 Å². The molecule has 1 N–H and O–H groups in total. The number of fused-ring (bicyclic) bond motifs is 5. The summed E-state index contributed by atoms with van der Waals surface area (Å²) in [4.78, 5) is 38.3.